The van der Waals surface area contributed by atoms with Crippen molar-refractivity contribution in [1.29, 1.82) is 0 Å². The first kappa shape index (κ1) is 14.7. The van der Waals surface area contributed by atoms with Gasteiger partial charge >= 0.3 is 0 Å². The van der Waals surface area contributed by atoms with E-state index < -0.39 is 0 Å². The van der Waals surface area contributed by atoms with Crippen LogP contribution in [-0.2, 0) is 6.42 Å². The van der Waals surface area contributed by atoms with Crippen molar-refractivity contribution in [2.75, 3.05) is 13.1 Å². The van der Waals surface area contributed by atoms with Crippen molar-refractivity contribution in [2.45, 2.75) is 19.8 Å². The highest BCUT2D eigenvalue weighted by molar-refractivity contribution is 7.14. The lowest BCUT2D eigenvalue weighted by Crippen LogP contribution is -2.14. The van der Waals surface area contributed by atoms with E-state index in [4.69, 9.17) is 23.2 Å². The first-order chi connectivity index (χ1) is 9.20. The van der Waals surface area contributed by atoms with Gasteiger partial charge in [-0.15, -0.1) is 10.2 Å². The van der Waals surface area contributed by atoms with Gasteiger partial charge in [0.1, 0.15) is 10.0 Å². The van der Waals surface area contributed by atoms with Gasteiger partial charge in [0, 0.05) is 12.0 Å². The molecule has 2 aromatic rings. The van der Waals surface area contributed by atoms with Gasteiger partial charge in [-0.2, -0.15) is 0 Å². The summed E-state index contributed by atoms with van der Waals surface area (Å²) in [5, 5.41) is 14.7. The van der Waals surface area contributed by atoms with Crippen LogP contribution in [0.25, 0.3) is 10.6 Å². The normalized spacial score (nSPS) is 10.9. The summed E-state index contributed by atoms with van der Waals surface area (Å²) in [6, 6.07) is 5.52. The molecule has 0 aliphatic carbocycles. The largest absolute Gasteiger partial charge is 0.317 e. The minimum atomic E-state index is 0.545. The number of nitrogens with one attached hydrogen (secondary N) is 1. The lowest BCUT2D eigenvalue weighted by Gasteiger charge is -1.99. The zero-order valence-electron chi connectivity index (χ0n) is 10.6. The Balaban J connectivity index is 2.01. The molecule has 0 aliphatic rings. The number of nitrogens with zero attached hydrogens (tertiary/aromatic N) is 2. The molecule has 1 heterocycles. The Hall–Kier alpha value is -0.680. The van der Waals surface area contributed by atoms with Crippen LogP contribution in [0.5, 0.6) is 0 Å². The summed E-state index contributed by atoms with van der Waals surface area (Å²) in [6.45, 7) is 4.12. The van der Waals surface area contributed by atoms with E-state index in [0.29, 0.717) is 10.0 Å². The molecule has 6 heteroatoms. The van der Waals surface area contributed by atoms with Crippen LogP contribution in [0.3, 0.4) is 0 Å². The van der Waals surface area contributed by atoms with Crippen LogP contribution in [0, 0.1) is 0 Å². The van der Waals surface area contributed by atoms with Gasteiger partial charge in [0.15, 0.2) is 0 Å². The smallest absolute Gasteiger partial charge is 0.147 e. The number of benzene rings is 1. The maximum atomic E-state index is 6.01. The topological polar surface area (TPSA) is 37.8 Å². The molecular formula is C13H15Cl2N3S. The summed E-state index contributed by atoms with van der Waals surface area (Å²) < 4.78 is 0. The Morgan fingerprint density at radius 1 is 1.21 bits per heavy atom. The van der Waals surface area contributed by atoms with E-state index in [1.165, 1.54) is 0 Å². The van der Waals surface area contributed by atoms with Crippen LogP contribution in [0.2, 0.25) is 10.0 Å². The number of halogens is 2. The number of hydrogen-bond acceptors (Lipinski definition) is 4. The van der Waals surface area contributed by atoms with Gasteiger partial charge in [-0.25, -0.2) is 0 Å². The molecule has 0 unspecified atom stereocenters. The predicted molar refractivity (Wildman–Crippen MR) is 82.2 cm³/mol. The molecule has 1 N–H and O–H groups in total. The van der Waals surface area contributed by atoms with Gasteiger partial charge in [0.25, 0.3) is 0 Å². The van der Waals surface area contributed by atoms with Crippen molar-refractivity contribution in [1.82, 2.24) is 15.5 Å². The molecule has 0 aliphatic heterocycles. The zero-order valence-corrected chi connectivity index (χ0v) is 12.9. The van der Waals surface area contributed by atoms with Crippen molar-refractivity contribution < 1.29 is 0 Å². The minimum Gasteiger partial charge on any atom is -0.317 e. The molecule has 1 aromatic heterocycles. The lowest BCUT2D eigenvalue weighted by molar-refractivity contribution is 0.669. The fourth-order valence-electron chi connectivity index (χ4n) is 1.64. The standard InChI is InChI=1S/C13H15Cl2N3S/c1-2-16-7-3-4-12-17-18-13(19-12)9-5-6-10(14)11(15)8-9/h5-6,8,16H,2-4,7H2,1H3. The maximum Gasteiger partial charge on any atom is 0.147 e. The maximum absolute atomic E-state index is 6.01. The summed E-state index contributed by atoms with van der Waals surface area (Å²) in [4.78, 5) is 0. The third-order valence-electron chi connectivity index (χ3n) is 2.63. The van der Waals surface area contributed by atoms with E-state index in [0.717, 1.165) is 41.5 Å². The quantitative estimate of drug-likeness (QED) is 0.817. The second kappa shape index (κ2) is 7.20. The van der Waals surface area contributed by atoms with E-state index in [2.05, 4.69) is 22.4 Å². The van der Waals surface area contributed by atoms with Gasteiger partial charge in [-0.05, 0) is 31.6 Å². The molecule has 0 atom stereocenters. The lowest BCUT2D eigenvalue weighted by atomic mass is 10.2. The Kier molecular flexibility index (Phi) is 5.58. The molecule has 0 amide bonds. The highest BCUT2D eigenvalue weighted by atomic mass is 35.5. The molecule has 0 bridgehead atoms. The molecule has 102 valence electrons. The average molecular weight is 316 g/mol. The van der Waals surface area contributed by atoms with Crippen molar-refractivity contribution in [3.8, 4) is 10.6 Å². The number of aromatic nitrogens is 2. The third kappa shape index (κ3) is 4.14. The molecule has 0 fully saturated rings. The molecule has 1 aromatic carbocycles. The summed E-state index contributed by atoms with van der Waals surface area (Å²) in [5.41, 5.74) is 0.963. The Morgan fingerprint density at radius 2 is 2.05 bits per heavy atom. The highest BCUT2D eigenvalue weighted by Crippen LogP contribution is 2.30. The number of hydrogen-bond donors (Lipinski definition) is 1. The van der Waals surface area contributed by atoms with Gasteiger partial charge < -0.3 is 5.32 Å². The third-order valence-corrected chi connectivity index (χ3v) is 4.40. The van der Waals surface area contributed by atoms with Crippen LogP contribution < -0.4 is 5.32 Å². The highest BCUT2D eigenvalue weighted by Gasteiger charge is 2.08. The fourth-order valence-corrected chi connectivity index (χ4v) is 2.82. The monoisotopic (exact) mass is 315 g/mol. The second-order valence-electron chi connectivity index (χ2n) is 4.09. The SMILES string of the molecule is CCNCCCc1nnc(-c2ccc(Cl)c(Cl)c2)s1. The van der Waals surface area contributed by atoms with Gasteiger partial charge in [-0.3, -0.25) is 0 Å². The van der Waals surface area contributed by atoms with E-state index >= 15 is 0 Å². The molecule has 2 rings (SSSR count). The first-order valence-electron chi connectivity index (χ1n) is 6.19. The summed E-state index contributed by atoms with van der Waals surface area (Å²) in [6.07, 6.45) is 2.02. The van der Waals surface area contributed by atoms with Crippen LogP contribution in [0.1, 0.15) is 18.4 Å². The molecular weight excluding hydrogens is 301 g/mol. The van der Waals surface area contributed by atoms with E-state index in [-0.39, 0.29) is 0 Å². The molecule has 0 spiro atoms. The molecule has 19 heavy (non-hydrogen) atoms. The van der Waals surface area contributed by atoms with Crippen LogP contribution in [0.4, 0.5) is 0 Å². The molecule has 3 nitrogen and oxygen atoms in total. The zero-order chi connectivity index (χ0) is 13.7. The Labute approximate surface area is 127 Å². The van der Waals surface area contributed by atoms with E-state index in [1.54, 1.807) is 17.4 Å². The molecule has 0 radical (unpaired) electrons. The summed E-state index contributed by atoms with van der Waals surface area (Å²) in [5.74, 6) is 0. The second-order valence-corrected chi connectivity index (χ2v) is 5.96. The van der Waals surface area contributed by atoms with Crippen LogP contribution in [0.15, 0.2) is 18.2 Å². The Morgan fingerprint density at radius 3 is 2.79 bits per heavy atom. The van der Waals surface area contributed by atoms with Crippen LogP contribution in [-0.4, -0.2) is 23.3 Å². The average Bonchev–Trinajstić information content (AvgIpc) is 2.87. The summed E-state index contributed by atoms with van der Waals surface area (Å²) >= 11 is 13.5. The van der Waals surface area contributed by atoms with Gasteiger partial charge in [0.05, 0.1) is 10.0 Å². The Bertz CT molecular complexity index is 542. The minimum absolute atomic E-state index is 0.545. The van der Waals surface area contributed by atoms with Crippen molar-refractivity contribution in [3.63, 3.8) is 0 Å². The first-order valence-corrected chi connectivity index (χ1v) is 7.76. The van der Waals surface area contributed by atoms with Gasteiger partial charge in [0.2, 0.25) is 0 Å². The predicted octanol–water partition coefficient (Wildman–Crippen LogP) is 4.05. The summed E-state index contributed by atoms with van der Waals surface area (Å²) in [7, 11) is 0. The molecule has 0 saturated heterocycles. The van der Waals surface area contributed by atoms with Crippen molar-refractivity contribution >= 4 is 34.5 Å². The number of aryl methyl sites for hydroxylation is 1. The van der Waals surface area contributed by atoms with E-state index in [9.17, 15) is 0 Å². The number of rotatable bonds is 6. The van der Waals surface area contributed by atoms with Crippen LogP contribution >= 0.6 is 34.5 Å². The fraction of sp³-hybridized carbons (Fsp3) is 0.385. The van der Waals surface area contributed by atoms with Crippen molar-refractivity contribution in [3.05, 3.63) is 33.3 Å². The van der Waals surface area contributed by atoms with Gasteiger partial charge in [-0.1, -0.05) is 47.5 Å². The van der Waals surface area contributed by atoms with Crippen molar-refractivity contribution in [2.24, 2.45) is 0 Å². The molecule has 0 saturated carbocycles. The van der Waals surface area contributed by atoms with E-state index in [1.807, 2.05) is 12.1 Å².